The minimum absolute atomic E-state index is 0.173. The van der Waals surface area contributed by atoms with E-state index < -0.39 is 17.5 Å². The van der Waals surface area contributed by atoms with Gasteiger partial charge in [-0.05, 0) is 49.4 Å². The van der Waals surface area contributed by atoms with Crippen molar-refractivity contribution in [1.29, 1.82) is 0 Å². The number of benzene rings is 1. The zero-order valence-electron chi connectivity index (χ0n) is 19.8. The highest BCUT2D eigenvalue weighted by Crippen LogP contribution is 2.26. The molecule has 8 nitrogen and oxygen atoms in total. The molecule has 0 radical (unpaired) electrons. The molecule has 2 N–H and O–H groups in total. The molecule has 0 saturated heterocycles. The maximum absolute atomic E-state index is 13.5. The van der Waals surface area contributed by atoms with E-state index in [1.807, 2.05) is 20.8 Å². The van der Waals surface area contributed by atoms with E-state index in [0.717, 1.165) is 0 Å². The predicted octanol–water partition coefficient (Wildman–Crippen LogP) is 3.01. The minimum atomic E-state index is -0.924. The molecule has 33 heavy (non-hydrogen) atoms. The van der Waals surface area contributed by atoms with Gasteiger partial charge in [-0.2, -0.15) is 0 Å². The largest absolute Gasteiger partial charge is 0.497 e. The maximum atomic E-state index is 13.5. The fourth-order valence-corrected chi connectivity index (χ4v) is 3.75. The van der Waals surface area contributed by atoms with Crippen LogP contribution < -0.4 is 15.4 Å². The van der Waals surface area contributed by atoms with Gasteiger partial charge in [-0.3, -0.25) is 14.4 Å². The molecule has 3 amide bonds. The number of nitrogens with one attached hydrogen (secondary N) is 2. The summed E-state index contributed by atoms with van der Waals surface area (Å²) in [6.45, 7) is 5.99. The number of rotatable bonds is 12. The molecule has 2 aromatic rings. The summed E-state index contributed by atoms with van der Waals surface area (Å²) < 4.78 is 10.5. The van der Waals surface area contributed by atoms with Gasteiger partial charge in [0.15, 0.2) is 0 Å². The van der Waals surface area contributed by atoms with Gasteiger partial charge in [0.1, 0.15) is 11.8 Å². The van der Waals surface area contributed by atoms with Crippen LogP contribution >= 0.6 is 11.3 Å². The van der Waals surface area contributed by atoms with Crippen LogP contribution in [0.2, 0.25) is 0 Å². The number of methoxy groups -OCH3 is 2. The molecule has 0 fully saturated rings. The molecule has 0 bridgehead atoms. The van der Waals surface area contributed by atoms with Crippen LogP contribution in [0.15, 0.2) is 41.8 Å². The lowest BCUT2D eigenvalue weighted by atomic mass is 9.98. The number of hydrogen-bond acceptors (Lipinski definition) is 6. The number of amides is 3. The van der Waals surface area contributed by atoms with E-state index in [9.17, 15) is 14.4 Å². The summed E-state index contributed by atoms with van der Waals surface area (Å²) in [6.07, 6.45) is 0.715. The van der Waals surface area contributed by atoms with E-state index in [2.05, 4.69) is 10.6 Å². The fourth-order valence-electron chi connectivity index (χ4n) is 3.11. The summed E-state index contributed by atoms with van der Waals surface area (Å²) >= 11 is 1.29. The van der Waals surface area contributed by atoms with Crippen LogP contribution in [0.4, 0.5) is 0 Å². The van der Waals surface area contributed by atoms with Crippen molar-refractivity contribution >= 4 is 29.1 Å². The Labute approximate surface area is 199 Å². The number of thiophene rings is 1. The molecule has 0 aliphatic rings. The fraction of sp³-hybridized carbons (Fsp3) is 0.458. The molecule has 2 rings (SSSR count). The average molecular weight is 476 g/mol. The van der Waals surface area contributed by atoms with Gasteiger partial charge in [-0.25, -0.2) is 0 Å². The first kappa shape index (κ1) is 26.3. The summed E-state index contributed by atoms with van der Waals surface area (Å²) in [5, 5.41) is 7.48. The van der Waals surface area contributed by atoms with Crippen molar-refractivity contribution < 1.29 is 23.9 Å². The maximum Gasteiger partial charge on any atom is 0.261 e. The SMILES string of the molecule is CCC(C)(C)NC(=O)[C@@H](c1cccc(OC)c1)N(CCOC)C(=O)CNC(=O)c1cccs1. The van der Waals surface area contributed by atoms with Crippen LogP contribution in [-0.2, 0) is 14.3 Å². The van der Waals surface area contributed by atoms with Gasteiger partial charge in [-0.15, -0.1) is 11.3 Å². The van der Waals surface area contributed by atoms with Crippen LogP contribution in [0, 0.1) is 0 Å². The van der Waals surface area contributed by atoms with Gasteiger partial charge in [0.05, 0.1) is 25.1 Å². The second kappa shape index (κ2) is 12.4. The van der Waals surface area contributed by atoms with E-state index in [1.54, 1.807) is 48.9 Å². The Hall–Kier alpha value is -2.91. The van der Waals surface area contributed by atoms with Crippen molar-refractivity contribution in [2.75, 3.05) is 33.9 Å². The number of nitrogens with zero attached hydrogens (tertiary/aromatic N) is 1. The van der Waals surface area contributed by atoms with E-state index in [1.165, 1.54) is 23.3 Å². The lowest BCUT2D eigenvalue weighted by molar-refractivity contribution is -0.141. The number of hydrogen-bond donors (Lipinski definition) is 2. The van der Waals surface area contributed by atoms with E-state index in [-0.39, 0.29) is 31.5 Å². The van der Waals surface area contributed by atoms with E-state index >= 15 is 0 Å². The second-order valence-electron chi connectivity index (χ2n) is 8.15. The third-order valence-electron chi connectivity index (χ3n) is 5.32. The van der Waals surface area contributed by atoms with Gasteiger partial charge in [-0.1, -0.05) is 25.1 Å². The highest BCUT2D eigenvalue weighted by molar-refractivity contribution is 7.12. The molecule has 1 heterocycles. The van der Waals surface area contributed by atoms with Crippen molar-refractivity contribution in [2.24, 2.45) is 0 Å². The van der Waals surface area contributed by atoms with Crippen LogP contribution in [0.3, 0.4) is 0 Å². The third kappa shape index (κ3) is 7.57. The predicted molar refractivity (Wildman–Crippen MR) is 128 cm³/mol. The second-order valence-corrected chi connectivity index (χ2v) is 9.09. The number of carbonyl (C=O) groups is 3. The Morgan fingerprint density at radius 1 is 1.15 bits per heavy atom. The molecule has 1 aromatic heterocycles. The standard InChI is InChI=1S/C24H33N3O5S/c1-6-24(2,3)26-23(30)21(17-9-7-10-18(15-17)32-5)27(12-13-31-4)20(28)16-25-22(29)19-11-8-14-33-19/h7-11,14-15,21H,6,12-13,16H2,1-5H3,(H,25,29)(H,26,30)/t21-/m1/s1. The van der Waals surface area contributed by atoms with Crippen molar-refractivity contribution in [2.45, 2.75) is 38.8 Å². The Morgan fingerprint density at radius 3 is 2.52 bits per heavy atom. The molecular formula is C24H33N3O5S. The highest BCUT2D eigenvalue weighted by atomic mass is 32.1. The molecule has 1 aromatic carbocycles. The average Bonchev–Trinajstić information content (AvgIpc) is 3.34. The molecule has 9 heteroatoms. The first-order chi connectivity index (χ1) is 15.7. The van der Waals surface area contributed by atoms with Crippen LogP contribution in [0.25, 0.3) is 0 Å². The van der Waals surface area contributed by atoms with Crippen molar-refractivity contribution in [1.82, 2.24) is 15.5 Å². The summed E-state index contributed by atoms with van der Waals surface area (Å²) in [5.41, 5.74) is 0.144. The number of ether oxygens (including phenoxy) is 2. The smallest absolute Gasteiger partial charge is 0.261 e. The first-order valence-corrected chi connectivity index (χ1v) is 11.7. The van der Waals surface area contributed by atoms with Crippen LogP contribution in [0.1, 0.15) is 48.5 Å². The monoisotopic (exact) mass is 475 g/mol. The van der Waals surface area contributed by atoms with E-state index in [4.69, 9.17) is 9.47 Å². The number of carbonyl (C=O) groups excluding carboxylic acids is 3. The Balaban J connectivity index is 2.36. The zero-order valence-corrected chi connectivity index (χ0v) is 20.7. The van der Waals surface area contributed by atoms with Crippen molar-refractivity contribution in [3.05, 3.63) is 52.2 Å². The molecule has 0 spiro atoms. The molecule has 0 unspecified atom stereocenters. The van der Waals surface area contributed by atoms with Gasteiger partial charge >= 0.3 is 0 Å². The van der Waals surface area contributed by atoms with Crippen molar-refractivity contribution in [3.8, 4) is 5.75 Å². The summed E-state index contributed by atoms with van der Waals surface area (Å²) in [6, 6.07) is 9.60. The van der Waals surface area contributed by atoms with Crippen LogP contribution in [-0.4, -0.2) is 62.1 Å². The van der Waals surface area contributed by atoms with Crippen LogP contribution in [0.5, 0.6) is 5.75 Å². The lowest BCUT2D eigenvalue weighted by Gasteiger charge is -2.34. The Bertz CT molecular complexity index is 930. The highest BCUT2D eigenvalue weighted by Gasteiger charge is 2.34. The van der Waals surface area contributed by atoms with Gasteiger partial charge in [0.25, 0.3) is 5.91 Å². The molecule has 0 saturated carbocycles. The third-order valence-corrected chi connectivity index (χ3v) is 6.19. The topological polar surface area (TPSA) is 97.0 Å². The van der Waals surface area contributed by atoms with E-state index in [0.29, 0.717) is 22.6 Å². The normalized spacial score (nSPS) is 12.0. The van der Waals surface area contributed by atoms with Crippen molar-refractivity contribution in [3.63, 3.8) is 0 Å². The summed E-state index contributed by atoms with van der Waals surface area (Å²) in [5.74, 6) is -0.469. The quantitative estimate of drug-likeness (QED) is 0.492. The van der Waals surface area contributed by atoms with Gasteiger partial charge < -0.3 is 25.0 Å². The zero-order chi connectivity index (χ0) is 24.4. The summed E-state index contributed by atoms with van der Waals surface area (Å²) in [4.78, 5) is 41.0. The minimum Gasteiger partial charge on any atom is -0.497 e. The Morgan fingerprint density at radius 2 is 1.91 bits per heavy atom. The Kier molecular flexibility index (Phi) is 9.87. The molecule has 0 aliphatic carbocycles. The van der Waals surface area contributed by atoms with Gasteiger partial charge in [0.2, 0.25) is 11.8 Å². The summed E-state index contributed by atoms with van der Waals surface area (Å²) in [7, 11) is 3.07. The molecule has 180 valence electrons. The first-order valence-electron chi connectivity index (χ1n) is 10.8. The molecule has 1 atom stereocenters. The van der Waals surface area contributed by atoms with Gasteiger partial charge in [0, 0.05) is 19.2 Å². The lowest BCUT2D eigenvalue weighted by Crippen LogP contribution is -2.52. The molecule has 0 aliphatic heterocycles. The molecular weight excluding hydrogens is 442 g/mol.